The van der Waals surface area contributed by atoms with Crippen molar-refractivity contribution in [1.82, 2.24) is 14.8 Å². The van der Waals surface area contributed by atoms with Gasteiger partial charge in [0, 0.05) is 0 Å². The van der Waals surface area contributed by atoms with E-state index in [-0.39, 0.29) is 0 Å². The Balaban J connectivity index is 1.78. The first-order valence-electron chi connectivity index (χ1n) is 7.00. The van der Waals surface area contributed by atoms with Crippen LogP contribution in [0.1, 0.15) is 22.7 Å². The van der Waals surface area contributed by atoms with Crippen LogP contribution in [0.25, 0.3) is 0 Å². The summed E-state index contributed by atoms with van der Waals surface area (Å²) in [7, 11) is 0. The molecule has 0 unspecified atom stereocenters. The number of hydrogen-bond acceptors (Lipinski definition) is 4. The Morgan fingerprint density at radius 3 is 2.91 bits per heavy atom. The fourth-order valence-electron chi connectivity index (χ4n) is 2.20. The monoisotopic (exact) mass is 315 g/mol. The Morgan fingerprint density at radius 2 is 2.14 bits per heavy atom. The molecule has 0 saturated heterocycles. The number of benzene rings is 1. The number of H-pyrrole nitrogens is 1. The van der Waals surface area contributed by atoms with E-state index < -0.39 is 0 Å². The fraction of sp³-hybridized carbons (Fsp3) is 0.250. The summed E-state index contributed by atoms with van der Waals surface area (Å²) in [5.41, 5.74) is 2.33. The molecule has 0 aliphatic heterocycles. The normalized spacial score (nSPS) is 10.8. The Morgan fingerprint density at radius 1 is 1.27 bits per heavy atom. The van der Waals surface area contributed by atoms with Crippen molar-refractivity contribution in [3.63, 3.8) is 0 Å². The van der Waals surface area contributed by atoms with Gasteiger partial charge in [-0.05, 0) is 55.4 Å². The molecule has 1 N–H and O–H groups in total. The molecule has 2 aromatic heterocycles. The van der Waals surface area contributed by atoms with Gasteiger partial charge in [-0.1, -0.05) is 12.1 Å². The van der Waals surface area contributed by atoms with Gasteiger partial charge in [0.1, 0.15) is 18.1 Å². The second kappa shape index (κ2) is 6.19. The molecule has 0 radical (unpaired) electrons. The number of aromatic nitrogens is 3. The van der Waals surface area contributed by atoms with E-state index in [1.165, 1.54) is 5.56 Å². The minimum absolute atomic E-state index is 0.345. The summed E-state index contributed by atoms with van der Waals surface area (Å²) in [6.45, 7) is 4.99. The molecule has 0 saturated carbocycles. The van der Waals surface area contributed by atoms with Gasteiger partial charge < -0.3 is 9.15 Å². The number of nitrogens with one attached hydrogen (secondary N) is 1. The predicted molar refractivity (Wildman–Crippen MR) is 85.5 cm³/mol. The van der Waals surface area contributed by atoms with Crippen LogP contribution >= 0.6 is 12.2 Å². The summed E-state index contributed by atoms with van der Waals surface area (Å²) in [6.07, 6.45) is 1.64. The first kappa shape index (κ1) is 14.6. The third-order valence-corrected chi connectivity index (χ3v) is 3.95. The maximum atomic E-state index is 5.90. The Labute approximate surface area is 133 Å². The van der Waals surface area contributed by atoms with Gasteiger partial charge in [0.2, 0.25) is 0 Å². The summed E-state index contributed by atoms with van der Waals surface area (Å²) in [6, 6.07) is 9.77. The van der Waals surface area contributed by atoms with Gasteiger partial charge in [0.15, 0.2) is 10.6 Å². The number of nitrogens with zero attached hydrogens (tertiary/aromatic N) is 2. The molecule has 0 fully saturated rings. The lowest BCUT2D eigenvalue weighted by Gasteiger charge is -2.11. The van der Waals surface area contributed by atoms with Crippen LogP contribution < -0.4 is 4.74 Å². The lowest BCUT2D eigenvalue weighted by atomic mass is 10.1. The summed E-state index contributed by atoms with van der Waals surface area (Å²) in [5.74, 6) is 2.42. The highest BCUT2D eigenvalue weighted by Gasteiger charge is 2.10. The molecule has 5 nitrogen and oxygen atoms in total. The number of aromatic amines is 1. The van der Waals surface area contributed by atoms with Crippen molar-refractivity contribution in [1.29, 1.82) is 0 Å². The average molecular weight is 315 g/mol. The number of hydrogen-bond donors (Lipinski definition) is 1. The lowest BCUT2D eigenvalue weighted by molar-refractivity contribution is 0.286. The zero-order valence-electron chi connectivity index (χ0n) is 12.5. The van der Waals surface area contributed by atoms with Crippen LogP contribution in [0.15, 0.2) is 41.0 Å². The lowest BCUT2D eigenvalue weighted by Crippen LogP contribution is -2.08. The molecular weight excluding hydrogens is 298 g/mol. The van der Waals surface area contributed by atoms with E-state index in [2.05, 4.69) is 23.2 Å². The van der Waals surface area contributed by atoms with Crippen molar-refractivity contribution >= 4 is 12.2 Å². The van der Waals surface area contributed by atoms with Crippen LogP contribution in [-0.2, 0) is 13.2 Å². The Bertz CT molecular complexity index is 818. The molecule has 0 amide bonds. The van der Waals surface area contributed by atoms with Crippen LogP contribution in [0.4, 0.5) is 0 Å². The second-order valence-electron chi connectivity index (χ2n) is 5.10. The molecule has 0 aliphatic carbocycles. The van der Waals surface area contributed by atoms with Crippen LogP contribution in [0.3, 0.4) is 0 Å². The summed E-state index contributed by atoms with van der Waals surface area (Å²) < 4.78 is 13.7. The van der Waals surface area contributed by atoms with E-state index >= 15 is 0 Å². The smallest absolute Gasteiger partial charge is 0.195 e. The van der Waals surface area contributed by atoms with E-state index in [1.807, 2.05) is 35.8 Å². The molecule has 6 heteroatoms. The van der Waals surface area contributed by atoms with E-state index in [4.69, 9.17) is 21.4 Å². The molecule has 22 heavy (non-hydrogen) atoms. The van der Waals surface area contributed by atoms with Crippen molar-refractivity contribution in [2.45, 2.75) is 27.0 Å². The highest BCUT2D eigenvalue weighted by Crippen LogP contribution is 2.21. The second-order valence-corrected chi connectivity index (χ2v) is 5.48. The van der Waals surface area contributed by atoms with Crippen molar-refractivity contribution in [3.05, 3.63) is 64.1 Å². The molecule has 0 bridgehead atoms. The van der Waals surface area contributed by atoms with Crippen molar-refractivity contribution in [2.24, 2.45) is 0 Å². The molecule has 3 aromatic rings. The van der Waals surface area contributed by atoms with Gasteiger partial charge in [-0.3, -0.25) is 9.67 Å². The first-order valence-corrected chi connectivity index (χ1v) is 7.41. The minimum Gasteiger partial charge on any atom is -0.485 e. The molecule has 0 spiro atoms. The summed E-state index contributed by atoms with van der Waals surface area (Å²) >= 11 is 5.27. The van der Waals surface area contributed by atoms with E-state index in [0.717, 1.165) is 22.9 Å². The highest BCUT2D eigenvalue weighted by atomic mass is 32.1. The third-order valence-electron chi connectivity index (χ3n) is 3.64. The van der Waals surface area contributed by atoms with Gasteiger partial charge >= 0.3 is 0 Å². The van der Waals surface area contributed by atoms with Crippen LogP contribution in [0.5, 0.6) is 5.75 Å². The molecule has 0 aliphatic rings. The number of ether oxygens (including phenoxy) is 1. The molecule has 0 atom stereocenters. The number of furan rings is 1. The Hall–Kier alpha value is -2.34. The average Bonchev–Trinajstić information content (AvgIpc) is 3.13. The zero-order valence-corrected chi connectivity index (χ0v) is 13.3. The minimum atomic E-state index is 0.345. The summed E-state index contributed by atoms with van der Waals surface area (Å²) in [4.78, 5) is 0. The maximum Gasteiger partial charge on any atom is 0.195 e. The molecule has 2 heterocycles. The van der Waals surface area contributed by atoms with Gasteiger partial charge in [-0.2, -0.15) is 5.10 Å². The van der Waals surface area contributed by atoms with Crippen molar-refractivity contribution in [2.75, 3.05) is 0 Å². The Kier molecular flexibility index (Phi) is 4.11. The van der Waals surface area contributed by atoms with Crippen LogP contribution in [0, 0.1) is 18.6 Å². The summed E-state index contributed by atoms with van der Waals surface area (Å²) in [5, 5.41) is 7.05. The van der Waals surface area contributed by atoms with Gasteiger partial charge in [0.25, 0.3) is 0 Å². The predicted octanol–water partition coefficient (Wildman–Crippen LogP) is 3.78. The number of rotatable bonds is 5. The van der Waals surface area contributed by atoms with Gasteiger partial charge in [0.05, 0.1) is 12.8 Å². The molecule has 114 valence electrons. The first-order chi connectivity index (χ1) is 10.6. The van der Waals surface area contributed by atoms with Crippen molar-refractivity contribution < 1.29 is 9.15 Å². The fourth-order valence-corrected chi connectivity index (χ4v) is 2.42. The quantitative estimate of drug-likeness (QED) is 0.728. The van der Waals surface area contributed by atoms with E-state index in [0.29, 0.717) is 17.9 Å². The van der Waals surface area contributed by atoms with E-state index in [9.17, 15) is 0 Å². The van der Waals surface area contributed by atoms with Crippen molar-refractivity contribution in [3.8, 4) is 5.75 Å². The zero-order chi connectivity index (χ0) is 15.5. The largest absolute Gasteiger partial charge is 0.485 e. The molecule has 1 aromatic carbocycles. The molecular formula is C16H17N3O2S. The number of aryl methyl sites for hydroxylation is 1. The van der Waals surface area contributed by atoms with Crippen LogP contribution in [-0.4, -0.2) is 14.8 Å². The standard InChI is InChI=1S/C16H17N3O2S/c1-11-5-3-7-14(12(11)2)21-10-15-17-18-16(22)19(15)9-13-6-4-8-20-13/h3-8H,9-10H2,1-2H3,(H,18,22). The van der Waals surface area contributed by atoms with Gasteiger partial charge in [-0.15, -0.1) is 0 Å². The molecule has 3 rings (SSSR count). The van der Waals surface area contributed by atoms with E-state index in [1.54, 1.807) is 6.26 Å². The maximum absolute atomic E-state index is 5.90. The van der Waals surface area contributed by atoms with Gasteiger partial charge in [-0.25, -0.2) is 0 Å². The third kappa shape index (κ3) is 2.96. The highest BCUT2D eigenvalue weighted by molar-refractivity contribution is 7.71. The SMILES string of the molecule is Cc1cccc(OCc2n[nH]c(=S)n2Cc2ccco2)c1C. The topological polar surface area (TPSA) is 56.0 Å². The van der Waals surface area contributed by atoms with Crippen LogP contribution in [0.2, 0.25) is 0 Å².